The number of carbonyl (C=O) groups is 1. The molecule has 8 N–H and O–H groups in total. The molecule has 1 rings (SSSR count). The normalized spacial score (nSPS) is 20.6. The molecule has 0 aliphatic carbocycles. The Morgan fingerprint density at radius 3 is 1.28 bits per heavy atom. The molecule has 67 heavy (non-hydrogen) atoms. The highest BCUT2D eigenvalue weighted by atomic mass is 16.7. The predicted molar refractivity (Wildman–Crippen MR) is 275 cm³/mol. The number of carbonyl (C=O) groups excluding carboxylic acids is 1. The molecule has 1 amide bonds. The summed E-state index contributed by atoms with van der Waals surface area (Å²) in [6.07, 6.45) is 41.9. The lowest BCUT2D eigenvalue weighted by Crippen LogP contribution is -2.60. The van der Waals surface area contributed by atoms with Crippen molar-refractivity contribution in [2.24, 2.45) is 0 Å². The Labute approximate surface area is 411 Å². The van der Waals surface area contributed by atoms with Crippen LogP contribution < -0.4 is 5.32 Å². The lowest BCUT2D eigenvalue weighted by Gasteiger charge is -2.40. The zero-order valence-corrected chi connectivity index (χ0v) is 43.4. The van der Waals surface area contributed by atoms with Gasteiger partial charge in [0, 0.05) is 0 Å². The lowest BCUT2D eigenvalue weighted by molar-refractivity contribution is -0.303. The zero-order chi connectivity index (χ0) is 49.0. The van der Waals surface area contributed by atoms with Gasteiger partial charge in [0.1, 0.15) is 36.6 Å². The maximum atomic E-state index is 13.0. The summed E-state index contributed by atoms with van der Waals surface area (Å²) < 4.78 is 11.1. The van der Waals surface area contributed by atoms with E-state index < -0.39 is 74.2 Å². The van der Waals surface area contributed by atoms with Crippen LogP contribution in [0.4, 0.5) is 0 Å². The molecule has 398 valence electrons. The molecule has 1 saturated heterocycles. The van der Waals surface area contributed by atoms with Gasteiger partial charge in [-0.1, -0.05) is 244 Å². The predicted octanol–water partition coefficient (Wildman–Crippen LogP) is 11.6. The number of allylic oxidation sites excluding steroid dienone is 2. The second-order valence-corrected chi connectivity index (χ2v) is 20.4. The molecule has 1 aliphatic heterocycles. The fourth-order valence-electron chi connectivity index (χ4n) is 9.39. The summed E-state index contributed by atoms with van der Waals surface area (Å²) in [5, 5.41) is 75.6. The van der Waals surface area contributed by atoms with Gasteiger partial charge in [-0.15, -0.1) is 0 Å². The average molecular weight is 956 g/mol. The summed E-state index contributed by atoms with van der Waals surface area (Å²) in [6.45, 7) is 3.41. The van der Waals surface area contributed by atoms with Crippen molar-refractivity contribution in [3.63, 3.8) is 0 Å². The summed E-state index contributed by atoms with van der Waals surface area (Å²) in [7, 11) is 0. The number of amides is 1. The molecule has 11 nitrogen and oxygen atoms in total. The highest BCUT2D eigenvalue weighted by molar-refractivity contribution is 5.80. The fourth-order valence-corrected chi connectivity index (χ4v) is 9.39. The molecule has 11 heteroatoms. The Kier molecular flexibility index (Phi) is 43.8. The van der Waals surface area contributed by atoms with Gasteiger partial charge in [0.2, 0.25) is 5.91 Å². The van der Waals surface area contributed by atoms with E-state index in [2.05, 4.69) is 31.3 Å². The molecule has 0 bridgehead atoms. The molecule has 0 aromatic heterocycles. The van der Waals surface area contributed by atoms with Gasteiger partial charge in [0.05, 0.1) is 25.4 Å². The topological polar surface area (TPSA) is 189 Å². The quantitative estimate of drug-likeness (QED) is 0.0215. The van der Waals surface area contributed by atoms with Crippen molar-refractivity contribution in [2.75, 3.05) is 13.2 Å². The first-order valence-electron chi connectivity index (χ1n) is 28.6. The SMILES string of the molecule is CCCCCCCCCCCCCCCCCCCCCCCCCCCCC/C=C/CCCC(O)C(O)C(COC1OC(CO)C(O)C(O)C1O)NC(=O)C(O)CCCCCCCCCC. The van der Waals surface area contributed by atoms with Gasteiger partial charge < -0.3 is 50.5 Å². The van der Waals surface area contributed by atoms with Crippen LogP contribution >= 0.6 is 0 Å². The zero-order valence-electron chi connectivity index (χ0n) is 43.4. The van der Waals surface area contributed by atoms with Crippen molar-refractivity contribution in [1.29, 1.82) is 0 Å². The van der Waals surface area contributed by atoms with Crippen LogP contribution in [0.3, 0.4) is 0 Å². The number of aliphatic hydroxyl groups is 7. The van der Waals surface area contributed by atoms with Gasteiger partial charge in [0.15, 0.2) is 6.29 Å². The van der Waals surface area contributed by atoms with E-state index in [9.17, 15) is 40.5 Å². The number of hydrogen-bond donors (Lipinski definition) is 8. The van der Waals surface area contributed by atoms with Crippen LogP contribution in [0.5, 0.6) is 0 Å². The maximum absolute atomic E-state index is 13.0. The standard InChI is InChI=1S/C56H109NO10/c1-3-5-7-9-11-13-14-15-16-17-18-19-20-21-22-23-24-25-26-27-28-29-30-31-32-33-34-35-36-38-39-41-43-48(59)51(61)47(46-66-56-54(64)53(63)52(62)50(45-58)67-56)57-55(65)49(60)44-42-40-37-12-10-8-6-4-2/h36,38,47-54,56,58-64H,3-35,37,39-46H2,1-2H3,(H,57,65)/b38-36+. The third-order valence-corrected chi connectivity index (χ3v) is 14.1. The van der Waals surface area contributed by atoms with Crippen molar-refractivity contribution >= 4 is 5.91 Å². The Hall–Kier alpha value is -1.15. The molecule has 9 atom stereocenters. The van der Waals surface area contributed by atoms with E-state index in [0.29, 0.717) is 12.8 Å². The molecule has 0 radical (unpaired) electrons. The number of ether oxygens (including phenoxy) is 2. The third-order valence-electron chi connectivity index (χ3n) is 14.1. The van der Waals surface area contributed by atoms with Crippen LogP contribution in [0, 0.1) is 0 Å². The second-order valence-electron chi connectivity index (χ2n) is 20.4. The molecule has 1 fully saturated rings. The summed E-state index contributed by atoms with van der Waals surface area (Å²) in [4.78, 5) is 13.0. The average Bonchev–Trinajstić information content (AvgIpc) is 3.33. The van der Waals surface area contributed by atoms with Gasteiger partial charge in [-0.25, -0.2) is 0 Å². The van der Waals surface area contributed by atoms with Crippen LogP contribution in [-0.4, -0.2) is 110 Å². The second kappa shape index (κ2) is 46.0. The Morgan fingerprint density at radius 2 is 0.881 bits per heavy atom. The molecular weight excluding hydrogens is 847 g/mol. The minimum absolute atomic E-state index is 0.256. The lowest BCUT2D eigenvalue weighted by atomic mass is 9.98. The first kappa shape index (κ1) is 63.9. The van der Waals surface area contributed by atoms with Gasteiger partial charge in [-0.3, -0.25) is 4.79 Å². The minimum atomic E-state index is -1.66. The summed E-state index contributed by atoms with van der Waals surface area (Å²) in [6, 6.07) is -1.18. The molecule has 9 unspecified atom stereocenters. The van der Waals surface area contributed by atoms with E-state index in [1.807, 2.05) is 0 Å². The Bertz CT molecular complexity index is 1100. The van der Waals surface area contributed by atoms with Crippen LogP contribution in [0.15, 0.2) is 12.2 Å². The number of aliphatic hydroxyl groups excluding tert-OH is 7. The van der Waals surface area contributed by atoms with E-state index in [0.717, 1.165) is 38.5 Å². The molecule has 1 aliphatic rings. The number of rotatable bonds is 49. The Balaban J connectivity index is 2.17. The van der Waals surface area contributed by atoms with Crippen LogP contribution in [-0.2, 0) is 14.3 Å². The van der Waals surface area contributed by atoms with Gasteiger partial charge in [-0.05, 0) is 38.5 Å². The van der Waals surface area contributed by atoms with E-state index >= 15 is 0 Å². The van der Waals surface area contributed by atoms with Crippen molar-refractivity contribution in [3.05, 3.63) is 12.2 Å². The van der Waals surface area contributed by atoms with Crippen LogP contribution in [0.1, 0.15) is 271 Å². The van der Waals surface area contributed by atoms with E-state index in [1.165, 1.54) is 193 Å². The highest BCUT2D eigenvalue weighted by Crippen LogP contribution is 2.23. The van der Waals surface area contributed by atoms with Gasteiger partial charge in [0.25, 0.3) is 0 Å². The minimum Gasteiger partial charge on any atom is -0.394 e. The molecule has 0 aromatic carbocycles. The van der Waals surface area contributed by atoms with Crippen molar-refractivity contribution < 1.29 is 50.0 Å². The van der Waals surface area contributed by atoms with Crippen molar-refractivity contribution in [1.82, 2.24) is 5.32 Å². The molecule has 1 heterocycles. The van der Waals surface area contributed by atoms with Gasteiger partial charge >= 0.3 is 0 Å². The van der Waals surface area contributed by atoms with E-state index in [-0.39, 0.29) is 12.8 Å². The third kappa shape index (κ3) is 34.8. The number of unbranched alkanes of at least 4 members (excludes halogenated alkanes) is 35. The number of hydrogen-bond acceptors (Lipinski definition) is 10. The first-order chi connectivity index (χ1) is 32.7. The largest absolute Gasteiger partial charge is 0.394 e. The van der Waals surface area contributed by atoms with Crippen molar-refractivity contribution in [2.45, 2.75) is 326 Å². The fraction of sp³-hybridized carbons (Fsp3) is 0.946. The van der Waals surface area contributed by atoms with E-state index in [4.69, 9.17) is 9.47 Å². The smallest absolute Gasteiger partial charge is 0.249 e. The molecule has 0 spiro atoms. The van der Waals surface area contributed by atoms with Crippen molar-refractivity contribution in [3.8, 4) is 0 Å². The molecule has 0 saturated carbocycles. The maximum Gasteiger partial charge on any atom is 0.249 e. The monoisotopic (exact) mass is 956 g/mol. The molecule has 0 aromatic rings. The first-order valence-corrected chi connectivity index (χ1v) is 28.6. The molecular formula is C56H109NO10. The summed E-state index contributed by atoms with van der Waals surface area (Å²) in [5.41, 5.74) is 0. The summed E-state index contributed by atoms with van der Waals surface area (Å²) >= 11 is 0. The van der Waals surface area contributed by atoms with Crippen LogP contribution in [0.25, 0.3) is 0 Å². The van der Waals surface area contributed by atoms with Gasteiger partial charge in [-0.2, -0.15) is 0 Å². The van der Waals surface area contributed by atoms with E-state index in [1.54, 1.807) is 0 Å². The Morgan fingerprint density at radius 1 is 0.507 bits per heavy atom. The highest BCUT2D eigenvalue weighted by Gasteiger charge is 2.44. The summed E-state index contributed by atoms with van der Waals surface area (Å²) in [5.74, 6) is -0.708. The number of nitrogens with one attached hydrogen (secondary N) is 1. The van der Waals surface area contributed by atoms with Crippen LogP contribution in [0.2, 0.25) is 0 Å².